The van der Waals surface area contributed by atoms with Gasteiger partial charge in [-0.25, -0.2) is 0 Å². The normalized spacial score (nSPS) is 10.6. The van der Waals surface area contributed by atoms with Crippen molar-refractivity contribution >= 4 is 22.4 Å². The summed E-state index contributed by atoms with van der Waals surface area (Å²) in [4.78, 5) is 11.7. The fourth-order valence-electron chi connectivity index (χ4n) is 1.61. The van der Waals surface area contributed by atoms with E-state index in [9.17, 15) is 4.79 Å². The molecule has 0 saturated heterocycles. The van der Waals surface area contributed by atoms with Crippen LogP contribution in [0, 0.1) is 6.92 Å². The fraction of sp³-hybridized carbons (Fsp3) is 0.357. The van der Waals surface area contributed by atoms with E-state index in [4.69, 9.17) is 4.74 Å². The molecule has 0 spiro atoms. The van der Waals surface area contributed by atoms with Gasteiger partial charge in [0.05, 0.1) is 0 Å². The van der Waals surface area contributed by atoms with E-state index in [1.165, 1.54) is 16.9 Å². The summed E-state index contributed by atoms with van der Waals surface area (Å²) in [6.07, 6.45) is 0. The molecule has 20 heavy (non-hydrogen) atoms. The zero-order valence-corrected chi connectivity index (χ0v) is 12.5. The van der Waals surface area contributed by atoms with E-state index >= 15 is 0 Å². The molecule has 0 atom stereocenters. The number of amides is 1. The molecule has 2 aromatic rings. The van der Waals surface area contributed by atoms with Crippen LogP contribution in [0.1, 0.15) is 30.3 Å². The second kappa shape index (κ2) is 6.47. The predicted molar refractivity (Wildman–Crippen MR) is 79.3 cm³/mol. The summed E-state index contributed by atoms with van der Waals surface area (Å²) in [5.41, 5.74) is 1.18. The van der Waals surface area contributed by atoms with E-state index in [0.717, 1.165) is 5.01 Å². The van der Waals surface area contributed by atoms with E-state index in [-0.39, 0.29) is 12.5 Å². The van der Waals surface area contributed by atoms with E-state index in [1.54, 1.807) is 0 Å². The Morgan fingerprint density at radius 3 is 2.85 bits per heavy atom. The molecule has 6 heteroatoms. The lowest BCUT2D eigenvalue weighted by atomic mass is 10.0. The third-order valence-corrected chi connectivity index (χ3v) is 3.42. The van der Waals surface area contributed by atoms with Crippen LogP contribution in [0.15, 0.2) is 24.3 Å². The molecule has 5 nitrogen and oxygen atoms in total. The van der Waals surface area contributed by atoms with Gasteiger partial charge >= 0.3 is 0 Å². The number of rotatable bonds is 5. The molecule has 106 valence electrons. The molecular weight excluding hydrogens is 274 g/mol. The maximum Gasteiger partial charge on any atom is 0.264 e. The number of ether oxygens (including phenoxy) is 1. The van der Waals surface area contributed by atoms with Gasteiger partial charge in [-0.1, -0.05) is 37.3 Å². The average Bonchev–Trinajstić information content (AvgIpc) is 2.82. The Balaban J connectivity index is 1.88. The first-order chi connectivity index (χ1) is 9.54. The van der Waals surface area contributed by atoms with Crippen molar-refractivity contribution in [3.05, 3.63) is 34.8 Å². The maximum absolute atomic E-state index is 11.7. The molecule has 0 aliphatic rings. The molecule has 0 bridgehead atoms. The molecule has 2 rings (SSSR count). The van der Waals surface area contributed by atoms with Gasteiger partial charge in [-0.15, -0.1) is 10.2 Å². The topological polar surface area (TPSA) is 64.1 Å². The Kier molecular flexibility index (Phi) is 4.68. The Morgan fingerprint density at radius 1 is 1.40 bits per heavy atom. The minimum absolute atomic E-state index is 0.0415. The number of carbonyl (C=O) groups excluding carboxylic acids is 1. The Bertz CT molecular complexity index is 596. The van der Waals surface area contributed by atoms with Gasteiger partial charge in [-0.05, 0) is 30.5 Å². The quantitative estimate of drug-likeness (QED) is 0.919. The number of aromatic nitrogens is 2. The summed E-state index contributed by atoms with van der Waals surface area (Å²) >= 11 is 1.33. The van der Waals surface area contributed by atoms with Crippen molar-refractivity contribution < 1.29 is 9.53 Å². The van der Waals surface area contributed by atoms with Crippen molar-refractivity contribution in [2.75, 3.05) is 11.9 Å². The Labute approximate surface area is 122 Å². The first-order valence-electron chi connectivity index (χ1n) is 6.37. The SMILES string of the molecule is Cc1nnc(NC(=O)COc2cccc(C(C)C)c2)s1. The van der Waals surface area contributed by atoms with E-state index < -0.39 is 0 Å². The Hall–Kier alpha value is -1.95. The van der Waals surface area contributed by atoms with Crippen molar-refractivity contribution in [2.45, 2.75) is 26.7 Å². The average molecular weight is 291 g/mol. The van der Waals surface area contributed by atoms with Crippen LogP contribution in [0.3, 0.4) is 0 Å². The summed E-state index contributed by atoms with van der Waals surface area (Å²) in [5.74, 6) is 0.882. The molecule has 0 unspecified atom stereocenters. The van der Waals surface area contributed by atoms with Gasteiger partial charge < -0.3 is 4.74 Å². The van der Waals surface area contributed by atoms with Crippen LogP contribution >= 0.6 is 11.3 Å². The molecule has 1 aromatic heterocycles. The van der Waals surface area contributed by atoms with Crippen molar-refractivity contribution in [1.29, 1.82) is 0 Å². The van der Waals surface area contributed by atoms with Crippen LogP contribution in [0.2, 0.25) is 0 Å². The van der Waals surface area contributed by atoms with Crippen LogP contribution in [0.4, 0.5) is 5.13 Å². The second-order valence-electron chi connectivity index (χ2n) is 4.69. The summed E-state index contributed by atoms with van der Waals surface area (Å²) in [6.45, 7) is 6.02. The largest absolute Gasteiger partial charge is 0.484 e. The summed E-state index contributed by atoms with van der Waals surface area (Å²) in [5, 5.41) is 11.6. The minimum atomic E-state index is -0.240. The summed E-state index contributed by atoms with van der Waals surface area (Å²) < 4.78 is 5.48. The number of nitrogens with one attached hydrogen (secondary N) is 1. The molecule has 1 aromatic carbocycles. The number of benzene rings is 1. The summed E-state index contributed by atoms with van der Waals surface area (Å²) in [7, 11) is 0. The van der Waals surface area contributed by atoms with Crippen molar-refractivity contribution in [1.82, 2.24) is 10.2 Å². The van der Waals surface area contributed by atoms with Gasteiger partial charge in [0, 0.05) is 0 Å². The number of hydrogen-bond donors (Lipinski definition) is 1. The van der Waals surface area contributed by atoms with Crippen molar-refractivity contribution in [3.8, 4) is 5.75 Å². The van der Waals surface area contributed by atoms with Gasteiger partial charge in [0.15, 0.2) is 6.61 Å². The number of hydrogen-bond acceptors (Lipinski definition) is 5. The minimum Gasteiger partial charge on any atom is -0.484 e. The number of nitrogens with zero attached hydrogens (tertiary/aromatic N) is 2. The highest BCUT2D eigenvalue weighted by Crippen LogP contribution is 2.20. The third kappa shape index (κ3) is 4.03. The predicted octanol–water partition coefficient (Wildman–Crippen LogP) is 2.99. The molecule has 1 heterocycles. The lowest BCUT2D eigenvalue weighted by Crippen LogP contribution is -2.20. The van der Waals surface area contributed by atoms with Gasteiger partial charge in [-0.3, -0.25) is 10.1 Å². The molecule has 1 N–H and O–H groups in total. The first-order valence-corrected chi connectivity index (χ1v) is 7.19. The molecule has 0 fully saturated rings. The van der Waals surface area contributed by atoms with Crippen LogP contribution in [-0.2, 0) is 4.79 Å². The monoisotopic (exact) mass is 291 g/mol. The molecule has 1 amide bonds. The van der Waals surface area contributed by atoms with Crippen LogP contribution in [-0.4, -0.2) is 22.7 Å². The molecule has 0 aliphatic carbocycles. The lowest BCUT2D eigenvalue weighted by Gasteiger charge is -2.09. The smallest absolute Gasteiger partial charge is 0.264 e. The van der Waals surface area contributed by atoms with Crippen molar-refractivity contribution in [3.63, 3.8) is 0 Å². The number of anilines is 1. The van der Waals surface area contributed by atoms with Crippen LogP contribution in [0.25, 0.3) is 0 Å². The fourth-order valence-corrected chi connectivity index (χ4v) is 2.22. The van der Waals surface area contributed by atoms with Gasteiger partial charge in [0.2, 0.25) is 5.13 Å². The van der Waals surface area contributed by atoms with Crippen LogP contribution < -0.4 is 10.1 Å². The molecule has 0 saturated carbocycles. The van der Waals surface area contributed by atoms with Crippen LogP contribution in [0.5, 0.6) is 5.75 Å². The zero-order chi connectivity index (χ0) is 14.5. The second-order valence-corrected chi connectivity index (χ2v) is 5.87. The zero-order valence-electron chi connectivity index (χ0n) is 11.7. The van der Waals surface area contributed by atoms with Gasteiger partial charge in [0.1, 0.15) is 10.8 Å². The highest BCUT2D eigenvalue weighted by Gasteiger charge is 2.08. The lowest BCUT2D eigenvalue weighted by molar-refractivity contribution is -0.118. The highest BCUT2D eigenvalue weighted by molar-refractivity contribution is 7.15. The molecule has 0 radical (unpaired) electrons. The maximum atomic E-state index is 11.7. The number of aryl methyl sites for hydroxylation is 1. The van der Waals surface area contributed by atoms with Gasteiger partial charge in [0.25, 0.3) is 5.91 Å². The number of carbonyl (C=O) groups is 1. The van der Waals surface area contributed by atoms with Gasteiger partial charge in [-0.2, -0.15) is 0 Å². The first kappa shape index (κ1) is 14.5. The molecule has 0 aliphatic heterocycles. The van der Waals surface area contributed by atoms with E-state index in [2.05, 4.69) is 29.4 Å². The van der Waals surface area contributed by atoms with E-state index in [1.807, 2.05) is 31.2 Å². The van der Waals surface area contributed by atoms with E-state index in [0.29, 0.717) is 16.8 Å². The summed E-state index contributed by atoms with van der Waals surface area (Å²) in [6, 6.07) is 7.76. The van der Waals surface area contributed by atoms with Crippen molar-refractivity contribution in [2.24, 2.45) is 0 Å². The molecular formula is C14H17N3O2S. The third-order valence-electron chi connectivity index (χ3n) is 2.67. The Morgan fingerprint density at radius 2 is 2.20 bits per heavy atom. The standard InChI is InChI=1S/C14H17N3O2S/c1-9(2)11-5-4-6-12(7-11)19-8-13(18)15-14-17-16-10(3)20-14/h4-7,9H,8H2,1-3H3,(H,15,17,18). The highest BCUT2D eigenvalue weighted by atomic mass is 32.1.